The predicted octanol–water partition coefficient (Wildman–Crippen LogP) is 5.81. The van der Waals surface area contributed by atoms with Crippen LogP contribution in [0.5, 0.6) is 11.5 Å². The molecule has 0 atom stereocenters. The molecule has 140 valence electrons. The largest absolute Gasteiger partial charge is 0.495 e. The summed E-state index contributed by atoms with van der Waals surface area (Å²) in [6, 6.07) is 10.4. The molecule has 0 radical (unpaired) electrons. The number of methoxy groups -OCH3 is 1. The van der Waals surface area contributed by atoms with Crippen molar-refractivity contribution in [3.63, 3.8) is 0 Å². The third-order valence-electron chi connectivity index (χ3n) is 3.75. The molecule has 8 heteroatoms. The van der Waals surface area contributed by atoms with E-state index in [0.717, 1.165) is 5.56 Å². The number of benzene rings is 2. The number of rotatable bonds is 5. The maximum absolute atomic E-state index is 12.9. The van der Waals surface area contributed by atoms with Crippen molar-refractivity contribution in [1.29, 1.82) is 0 Å². The first-order valence-electron chi connectivity index (χ1n) is 7.98. The van der Waals surface area contributed by atoms with Crippen LogP contribution in [-0.4, -0.2) is 23.9 Å². The summed E-state index contributed by atoms with van der Waals surface area (Å²) >= 11 is 18.9. The number of carbonyl (C=O) groups is 1. The number of amides is 1. The summed E-state index contributed by atoms with van der Waals surface area (Å²) < 4.78 is 11.2. The van der Waals surface area contributed by atoms with Crippen LogP contribution in [0.4, 0.5) is 5.69 Å². The summed E-state index contributed by atoms with van der Waals surface area (Å²) in [5, 5.41) is 0.962. The van der Waals surface area contributed by atoms with Gasteiger partial charge in [-0.05, 0) is 49.4 Å². The minimum absolute atomic E-state index is 0.228. The fourth-order valence-corrected chi connectivity index (χ4v) is 4.27. The van der Waals surface area contributed by atoms with Gasteiger partial charge in [-0.1, -0.05) is 47.2 Å². The second kappa shape index (κ2) is 8.52. The highest BCUT2D eigenvalue weighted by molar-refractivity contribution is 8.27. The molecule has 1 fully saturated rings. The highest BCUT2D eigenvalue weighted by atomic mass is 35.5. The van der Waals surface area contributed by atoms with Gasteiger partial charge in [-0.15, -0.1) is 0 Å². The lowest BCUT2D eigenvalue weighted by Crippen LogP contribution is -2.27. The normalized spacial score (nSPS) is 15.6. The second-order valence-electron chi connectivity index (χ2n) is 5.45. The van der Waals surface area contributed by atoms with Crippen molar-refractivity contribution in [2.75, 3.05) is 18.6 Å². The molecule has 1 heterocycles. The fourth-order valence-electron chi connectivity index (χ4n) is 2.55. The van der Waals surface area contributed by atoms with E-state index in [9.17, 15) is 4.79 Å². The average Bonchev–Trinajstić information content (AvgIpc) is 2.91. The third-order valence-corrected chi connectivity index (χ3v) is 5.58. The highest BCUT2D eigenvalue weighted by Gasteiger charge is 2.33. The minimum Gasteiger partial charge on any atom is -0.495 e. The lowest BCUT2D eigenvalue weighted by Gasteiger charge is -2.15. The Morgan fingerprint density at radius 3 is 2.59 bits per heavy atom. The Morgan fingerprint density at radius 2 is 1.93 bits per heavy atom. The summed E-state index contributed by atoms with van der Waals surface area (Å²) in [5.74, 6) is 0.954. The van der Waals surface area contributed by atoms with Gasteiger partial charge in [0.1, 0.15) is 11.5 Å². The first-order chi connectivity index (χ1) is 12.9. The molecular formula is C19H15Cl2NO3S2. The first-order valence-corrected chi connectivity index (χ1v) is 9.96. The summed E-state index contributed by atoms with van der Waals surface area (Å²) in [6.45, 7) is 2.40. The molecule has 1 aliphatic heterocycles. The summed E-state index contributed by atoms with van der Waals surface area (Å²) in [6.07, 6.45) is 1.74. The quantitative estimate of drug-likeness (QED) is 0.434. The van der Waals surface area contributed by atoms with Crippen LogP contribution in [0.15, 0.2) is 41.3 Å². The van der Waals surface area contributed by atoms with E-state index < -0.39 is 0 Å². The van der Waals surface area contributed by atoms with Gasteiger partial charge in [-0.25, -0.2) is 0 Å². The van der Waals surface area contributed by atoms with Gasteiger partial charge in [0.15, 0.2) is 4.32 Å². The molecule has 1 aliphatic rings. The molecule has 4 nitrogen and oxygen atoms in total. The molecule has 3 rings (SSSR count). The minimum atomic E-state index is -0.228. The monoisotopic (exact) mass is 439 g/mol. The van der Waals surface area contributed by atoms with Gasteiger partial charge in [-0.2, -0.15) is 0 Å². The Morgan fingerprint density at radius 1 is 1.19 bits per heavy atom. The number of hydrogen-bond donors (Lipinski definition) is 0. The van der Waals surface area contributed by atoms with Crippen LogP contribution in [0.2, 0.25) is 10.0 Å². The van der Waals surface area contributed by atoms with Crippen molar-refractivity contribution in [2.45, 2.75) is 6.92 Å². The van der Waals surface area contributed by atoms with Gasteiger partial charge in [0, 0.05) is 10.6 Å². The summed E-state index contributed by atoms with van der Waals surface area (Å²) in [5.41, 5.74) is 1.31. The fraction of sp³-hybridized carbons (Fsp3) is 0.158. The number of hydrogen-bond acceptors (Lipinski definition) is 5. The van der Waals surface area contributed by atoms with Crippen molar-refractivity contribution in [1.82, 2.24) is 0 Å². The van der Waals surface area contributed by atoms with Gasteiger partial charge in [0.05, 0.1) is 29.3 Å². The molecule has 1 saturated heterocycles. The van der Waals surface area contributed by atoms with Crippen molar-refractivity contribution < 1.29 is 14.3 Å². The molecule has 0 aromatic heterocycles. The topological polar surface area (TPSA) is 38.8 Å². The van der Waals surface area contributed by atoms with Crippen LogP contribution in [-0.2, 0) is 4.79 Å². The van der Waals surface area contributed by atoms with E-state index in [-0.39, 0.29) is 5.91 Å². The highest BCUT2D eigenvalue weighted by Crippen LogP contribution is 2.39. The molecule has 0 bridgehead atoms. The average molecular weight is 440 g/mol. The van der Waals surface area contributed by atoms with E-state index in [0.29, 0.717) is 43.1 Å². The smallest absolute Gasteiger partial charge is 0.270 e. The summed E-state index contributed by atoms with van der Waals surface area (Å²) in [7, 11) is 1.53. The van der Waals surface area contributed by atoms with Gasteiger partial charge in [0.2, 0.25) is 0 Å². The van der Waals surface area contributed by atoms with Crippen molar-refractivity contribution in [3.8, 4) is 11.5 Å². The van der Waals surface area contributed by atoms with Crippen LogP contribution >= 0.6 is 47.2 Å². The lowest BCUT2D eigenvalue weighted by atomic mass is 10.1. The van der Waals surface area contributed by atoms with Crippen LogP contribution in [0.1, 0.15) is 12.5 Å². The first kappa shape index (κ1) is 20.0. The number of nitrogens with zero attached hydrogens (tertiary/aromatic N) is 1. The second-order valence-corrected chi connectivity index (χ2v) is 7.97. The number of carbonyl (C=O) groups excluding carboxylic acids is 1. The maximum atomic E-state index is 12.9. The van der Waals surface area contributed by atoms with Crippen molar-refractivity contribution in [2.24, 2.45) is 0 Å². The summed E-state index contributed by atoms with van der Waals surface area (Å²) in [4.78, 5) is 14.9. The molecule has 2 aromatic rings. The van der Waals surface area contributed by atoms with Gasteiger partial charge < -0.3 is 9.47 Å². The van der Waals surface area contributed by atoms with Crippen LogP contribution < -0.4 is 14.4 Å². The van der Waals surface area contributed by atoms with E-state index in [2.05, 4.69) is 0 Å². The molecule has 0 saturated carbocycles. The maximum Gasteiger partial charge on any atom is 0.270 e. The SMILES string of the molecule is CCOc1ccc(Cl)cc1C=C1SC(=S)N(c2ccc(OC)c(Cl)c2)C1=O. The van der Waals surface area contributed by atoms with E-state index in [4.69, 9.17) is 44.9 Å². The van der Waals surface area contributed by atoms with E-state index in [1.54, 1.807) is 42.5 Å². The predicted molar refractivity (Wildman–Crippen MR) is 116 cm³/mol. The third kappa shape index (κ3) is 4.24. The molecule has 0 N–H and O–H groups in total. The number of halogens is 2. The standard InChI is InChI=1S/C19H15Cl2NO3S2/c1-3-25-15-6-4-12(20)8-11(15)9-17-18(23)22(19(26)27-17)13-5-7-16(24-2)14(21)10-13/h4-10H,3H2,1-2H3. The number of thioether (sulfide) groups is 1. The molecule has 0 spiro atoms. The Kier molecular flexibility index (Phi) is 6.32. The lowest BCUT2D eigenvalue weighted by molar-refractivity contribution is -0.113. The van der Waals surface area contributed by atoms with Gasteiger partial charge in [0.25, 0.3) is 5.91 Å². The van der Waals surface area contributed by atoms with Crippen LogP contribution in [0.25, 0.3) is 6.08 Å². The van der Waals surface area contributed by atoms with E-state index >= 15 is 0 Å². The Labute approximate surface area is 177 Å². The molecule has 27 heavy (non-hydrogen) atoms. The Bertz CT molecular complexity index is 947. The molecule has 0 unspecified atom stereocenters. The number of ether oxygens (including phenoxy) is 2. The van der Waals surface area contributed by atoms with Crippen LogP contribution in [0.3, 0.4) is 0 Å². The Balaban J connectivity index is 1.96. The molecule has 1 amide bonds. The zero-order valence-electron chi connectivity index (χ0n) is 14.5. The number of thiocarbonyl (C=S) groups is 1. The molecule has 0 aliphatic carbocycles. The Hall–Kier alpha value is -1.73. The molecule has 2 aromatic carbocycles. The van der Waals surface area contributed by atoms with Gasteiger partial charge in [-0.3, -0.25) is 9.69 Å². The zero-order chi connectivity index (χ0) is 19.6. The van der Waals surface area contributed by atoms with E-state index in [1.807, 2.05) is 6.92 Å². The van der Waals surface area contributed by atoms with Gasteiger partial charge >= 0.3 is 0 Å². The van der Waals surface area contributed by atoms with Crippen molar-refractivity contribution >= 4 is 69.2 Å². The zero-order valence-corrected chi connectivity index (χ0v) is 17.6. The number of anilines is 1. The van der Waals surface area contributed by atoms with E-state index in [1.165, 1.54) is 23.8 Å². The molecular weight excluding hydrogens is 425 g/mol. The van der Waals surface area contributed by atoms with Crippen molar-refractivity contribution in [3.05, 3.63) is 56.9 Å². The van der Waals surface area contributed by atoms with Crippen LogP contribution in [0, 0.1) is 0 Å².